The molecule has 1 aliphatic carbocycles. The minimum atomic E-state index is -0.252. The van der Waals surface area contributed by atoms with Crippen molar-refractivity contribution in [3.63, 3.8) is 0 Å². The van der Waals surface area contributed by atoms with Crippen molar-refractivity contribution in [3.05, 3.63) is 60.4 Å². The van der Waals surface area contributed by atoms with E-state index in [0.717, 1.165) is 24.4 Å². The standard InChI is InChI=1S/C20H23N7O/c1-14(18-26-23-13-27(18)17-9-5-6-10-17)24-19(28)15-11-21-20(22-12-15)25-16-7-3-2-4-8-16/h2-4,7-8,11-14,17H,5-6,9-10H2,1H3,(H,24,28)(H,21,22,25). The summed E-state index contributed by atoms with van der Waals surface area (Å²) in [4.78, 5) is 21.0. The van der Waals surface area contributed by atoms with Crippen LogP contribution in [0.4, 0.5) is 11.6 Å². The van der Waals surface area contributed by atoms with Crippen LogP contribution < -0.4 is 10.6 Å². The first kappa shape index (κ1) is 18.1. The number of para-hydroxylation sites is 1. The Labute approximate surface area is 163 Å². The number of amides is 1. The van der Waals surface area contributed by atoms with Crippen LogP contribution in [0.25, 0.3) is 0 Å². The fraction of sp³-hybridized carbons (Fsp3) is 0.350. The first-order valence-electron chi connectivity index (χ1n) is 9.55. The summed E-state index contributed by atoms with van der Waals surface area (Å²) in [5.74, 6) is 0.986. The molecule has 28 heavy (non-hydrogen) atoms. The number of hydrogen-bond donors (Lipinski definition) is 2. The lowest BCUT2D eigenvalue weighted by Gasteiger charge is -2.18. The Hall–Kier alpha value is -3.29. The Morgan fingerprint density at radius 2 is 1.86 bits per heavy atom. The lowest BCUT2D eigenvalue weighted by molar-refractivity contribution is 0.0936. The Kier molecular flexibility index (Phi) is 5.27. The van der Waals surface area contributed by atoms with E-state index < -0.39 is 0 Å². The van der Waals surface area contributed by atoms with Crippen LogP contribution in [-0.4, -0.2) is 30.6 Å². The Morgan fingerprint density at radius 1 is 1.14 bits per heavy atom. The molecule has 4 rings (SSSR count). The lowest BCUT2D eigenvalue weighted by atomic mass is 10.2. The molecule has 2 aromatic heterocycles. The van der Waals surface area contributed by atoms with Crippen LogP contribution in [-0.2, 0) is 0 Å². The molecule has 144 valence electrons. The molecule has 1 saturated carbocycles. The first-order chi connectivity index (χ1) is 13.7. The molecule has 0 saturated heterocycles. The monoisotopic (exact) mass is 377 g/mol. The van der Waals surface area contributed by atoms with Crippen LogP contribution in [0.3, 0.4) is 0 Å². The molecule has 8 nitrogen and oxygen atoms in total. The molecule has 1 aromatic carbocycles. The third kappa shape index (κ3) is 4.00. The predicted octanol–water partition coefficient (Wildman–Crippen LogP) is 3.42. The molecule has 1 atom stereocenters. The quantitative estimate of drug-likeness (QED) is 0.683. The van der Waals surface area contributed by atoms with Crippen molar-refractivity contribution in [1.82, 2.24) is 30.0 Å². The topological polar surface area (TPSA) is 97.6 Å². The first-order valence-corrected chi connectivity index (χ1v) is 9.55. The highest BCUT2D eigenvalue weighted by Crippen LogP contribution is 2.31. The third-order valence-corrected chi connectivity index (χ3v) is 5.00. The maximum absolute atomic E-state index is 12.6. The van der Waals surface area contributed by atoms with E-state index in [1.54, 1.807) is 6.33 Å². The average molecular weight is 377 g/mol. The second kappa shape index (κ2) is 8.16. The highest BCUT2D eigenvalue weighted by Gasteiger charge is 2.23. The van der Waals surface area contributed by atoms with Crippen LogP contribution in [0, 0.1) is 0 Å². The molecule has 8 heteroatoms. The van der Waals surface area contributed by atoms with Crippen molar-refractivity contribution in [2.24, 2.45) is 0 Å². The van der Waals surface area contributed by atoms with Crippen molar-refractivity contribution < 1.29 is 4.79 Å². The van der Waals surface area contributed by atoms with Crippen LogP contribution >= 0.6 is 0 Å². The van der Waals surface area contributed by atoms with Gasteiger partial charge < -0.3 is 15.2 Å². The zero-order chi connectivity index (χ0) is 19.3. The summed E-state index contributed by atoms with van der Waals surface area (Å²) < 4.78 is 2.10. The maximum Gasteiger partial charge on any atom is 0.255 e. The normalized spacial score (nSPS) is 15.3. The Balaban J connectivity index is 1.40. The van der Waals surface area contributed by atoms with Crippen molar-refractivity contribution in [1.29, 1.82) is 0 Å². The van der Waals surface area contributed by atoms with E-state index in [1.165, 1.54) is 25.2 Å². The van der Waals surface area contributed by atoms with Gasteiger partial charge in [0.15, 0.2) is 5.82 Å². The molecule has 0 bridgehead atoms. The predicted molar refractivity (Wildman–Crippen MR) is 105 cm³/mol. The molecular formula is C20H23N7O. The van der Waals surface area contributed by atoms with Crippen molar-refractivity contribution in [2.75, 3.05) is 5.32 Å². The number of nitrogens with one attached hydrogen (secondary N) is 2. The number of hydrogen-bond acceptors (Lipinski definition) is 6. The fourth-order valence-corrected chi connectivity index (χ4v) is 3.53. The number of nitrogens with zero attached hydrogens (tertiary/aromatic N) is 5. The molecule has 3 aromatic rings. The maximum atomic E-state index is 12.6. The highest BCUT2D eigenvalue weighted by atomic mass is 16.1. The summed E-state index contributed by atoms with van der Waals surface area (Å²) in [7, 11) is 0. The zero-order valence-electron chi connectivity index (χ0n) is 15.7. The number of rotatable bonds is 6. The van der Waals surface area contributed by atoms with Gasteiger partial charge in [-0.05, 0) is 31.9 Å². The summed E-state index contributed by atoms with van der Waals surface area (Å²) in [6.45, 7) is 1.92. The highest BCUT2D eigenvalue weighted by molar-refractivity contribution is 5.93. The summed E-state index contributed by atoms with van der Waals surface area (Å²) in [5, 5.41) is 14.3. The van der Waals surface area contributed by atoms with Gasteiger partial charge in [0.25, 0.3) is 5.91 Å². The summed E-state index contributed by atoms with van der Waals surface area (Å²) in [6, 6.07) is 9.81. The van der Waals surface area contributed by atoms with Gasteiger partial charge in [0.1, 0.15) is 6.33 Å². The molecule has 1 fully saturated rings. The summed E-state index contributed by atoms with van der Waals surface area (Å²) in [6.07, 6.45) is 9.52. The van der Waals surface area contributed by atoms with Gasteiger partial charge in [0, 0.05) is 24.1 Å². The fourth-order valence-electron chi connectivity index (χ4n) is 3.53. The van der Waals surface area contributed by atoms with Crippen molar-refractivity contribution in [2.45, 2.75) is 44.7 Å². The third-order valence-electron chi connectivity index (χ3n) is 5.00. The second-order valence-electron chi connectivity index (χ2n) is 7.02. The number of carbonyl (C=O) groups excluding carboxylic acids is 1. The number of anilines is 2. The smallest absolute Gasteiger partial charge is 0.255 e. The number of benzene rings is 1. The van der Waals surface area contributed by atoms with Gasteiger partial charge in [-0.25, -0.2) is 9.97 Å². The second-order valence-corrected chi connectivity index (χ2v) is 7.02. The van der Waals surface area contributed by atoms with E-state index in [0.29, 0.717) is 17.6 Å². The Bertz CT molecular complexity index is 917. The molecular weight excluding hydrogens is 354 g/mol. The van der Waals surface area contributed by atoms with E-state index in [1.807, 2.05) is 37.3 Å². The minimum Gasteiger partial charge on any atom is -0.342 e. The molecule has 1 aliphatic rings. The van der Waals surface area contributed by atoms with Crippen LogP contribution in [0.2, 0.25) is 0 Å². The molecule has 1 unspecified atom stereocenters. The van der Waals surface area contributed by atoms with Crippen molar-refractivity contribution in [3.8, 4) is 0 Å². The van der Waals surface area contributed by atoms with E-state index in [2.05, 4.69) is 35.4 Å². The SMILES string of the molecule is CC(NC(=O)c1cnc(Nc2ccccc2)nc1)c1nncn1C1CCCC1. The van der Waals surface area contributed by atoms with Gasteiger partial charge in [0.05, 0.1) is 11.6 Å². The molecule has 2 N–H and O–H groups in total. The number of aromatic nitrogens is 5. The molecule has 0 radical (unpaired) electrons. The van der Waals surface area contributed by atoms with Gasteiger partial charge in [-0.2, -0.15) is 0 Å². The average Bonchev–Trinajstić information content (AvgIpc) is 3.41. The molecule has 2 heterocycles. The van der Waals surface area contributed by atoms with Crippen LogP contribution in [0.5, 0.6) is 0 Å². The van der Waals surface area contributed by atoms with Gasteiger partial charge in [0.2, 0.25) is 5.95 Å². The molecule has 1 amide bonds. The van der Waals surface area contributed by atoms with Gasteiger partial charge >= 0.3 is 0 Å². The van der Waals surface area contributed by atoms with E-state index >= 15 is 0 Å². The molecule has 0 spiro atoms. The largest absolute Gasteiger partial charge is 0.342 e. The van der Waals surface area contributed by atoms with Crippen LogP contribution in [0.15, 0.2) is 49.1 Å². The van der Waals surface area contributed by atoms with Crippen LogP contribution in [0.1, 0.15) is 60.9 Å². The van der Waals surface area contributed by atoms with Gasteiger partial charge in [-0.15, -0.1) is 10.2 Å². The van der Waals surface area contributed by atoms with E-state index in [-0.39, 0.29) is 11.9 Å². The minimum absolute atomic E-state index is 0.236. The van der Waals surface area contributed by atoms with Gasteiger partial charge in [-0.3, -0.25) is 4.79 Å². The molecule has 0 aliphatic heterocycles. The number of carbonyl (C=O) groups is 1. The summed E-state index contributed by atoms with van der Waals surface area (Å²) in [5.41, 5.74) is 1.29. The summed E-state index contributed by atoms with van der Waals surface area (Å²) >= 11 is 0. The van der Waals surface area contributed by atoms with Crippen molar-refractivity contribution >= 4 is 17.5 Å². The Morgan fingerprint density at radius 3 is 2.57 bits per heavy atom. The lowest BCUT2D eigenvalue weighted by Crippen LogP contribution is -2.29. The zero-order valence-corrected chi connectivity index (χ0v) is 15.7. The van der Waals surface area contributed by atoms with E-state index in [4.69, 9.17) is 0 Å². The van der Waals surface area contributed by atoms with Gasteiger partial charge in [-0.1, -0.05) is 31.0 Å². The van der Waals surface area contributed by atoms with E-state index in [9.17, 15) is 4.79 Å².